The number of rotatable bonds is 0. The van der Waals surface area contributed by atoms with Gasteiger partial charge in [0.2, 0.25) is 5.82 Å². The summed E-state index contributed by atoms with van der Waals surface area (Å²) < 4.78 is 39.1. The van der Waals surface area contributed by atoms with E-state index in [2.05, 4.69) is 16.2 Å². The van der Waals surface area contributed by atoms with Crippen molar-refractivity contribution in [3.8, 4) is 11.2 Å². The van der Waals surface area contributed by atoms with Gasteiger partial charge in [-0.15, -0.1) is 0 Å². The second-order valence-corrected chi connectivity index (χ2v) is 5.18. The highest BCUT2D eigenvalue weighted by molar-refractivity contribution is 14.2. The maximum atomic E-state index is 12.7. The SMILES string of the molecule is Cn1c(C(F)(F)F)nc2cc(C#CSI)ccc21. The number of aromatic nitrogens is 2. The average molecular weight is 382 g/mol. The first kappa shape index (κ1) is 13.5. The molecule has 0 amide bonds. The standard InChI is InChI=1S/C11H6F3IN2S/c1-17-9-3-2-7(4-5-18-15)6-8(9)16-10(17)11(12,13)14/h2-3,6H,1H3. The molecule has 0 N–H and O–H groups in total. The smallest absolute Gasteiger partial charge is 0.323 e. The van der Waals surface area contributed by atoms with Gasteiger partial charge in [-0.25, -0.2) is 4.98 Å². The fraction of sp³-hybridized carbons (Fsp3) is 0.182. The molecule has 0 saturated heterocycles. The van der Waals surface area contributed by atoms with Crippen molar-refractivity contribution in [2.24, 2.45) is 7.05 Å². The third-order valence-electron chi connectivity index (χ3n) is 2.37. The number of benzene rings is 1. The highest BCUT2D eigenvalue weighted by Gasteiger charge is 2.36. The average Bonchev–Trinajstić information content (AvgIpc) is 2.63. The van der Waals surface area contributed by atoms with Crippen molar-refractivity contribution in [1.29, 1.82) is 0 Å². The van der Waals surface area contributed by atoms with E-state index < -0.39 is 12.0 Å². The van der Waals surface area contributed by atoms with Crippen molar-refractivity contribution in [2.75, 3.05) is 0 Å². The molecule has 0 aliphatic heterocycles. The number of imidazole rings is 1. The molecule has 1 aromatic carbocycles. The summed E-state index contributed by atoms with van der Waals surface area (Å²) in [6.45, 7) is 0. The summed E-state index contributed by atoms with van der Waals surface area (Å²) in [6, 6.07) is 4.84. The van der Waals surface area contributed by atoms with Crippen LogP contribution in [0, 0.1) is 11.2 Å². The molecule has 2 rings (SSSR count). The van der Waals surface area contributed by atoms with E-state index in [-0.39, 0.29) is 0 Å². The highest BCUT2D eigenvalue weighted by Crippen LogP contribution is 2.30. The Hall–Kier alpha value is -0.880. The molecule has 2 nitrogen and oxygen atoms in total. The Bertz CT molecular complexity index is 652. The molecule has 2 aromatic rings. The Labute approximate surface area is 118 Å². The maximum absolute atomic E-state index is 12.7. The molecule has 0 fully saturated rings. The van der Waals surface area contributed by atoms with Crippen LogP contribution in [0.25, 0.3) is 11.0 Å². The molecule has 0 atom stereocenters. The van der Waals surface area contributed by atoms with Gasteiger partial charge in [0, 0.05) is 33.8 Å². The van der Waals surface area contributed by atoms with Gasteiger partial charge in [-0.05, 0) is 32.4 Å². The van der Waals surface area contributed by atoms with Crippen LogP contribution in [0.5, 0.6) is 0 Å². The van der Waals surface area contributed by atoms with Gasteiger partial charge in [-0.2, -0.15) is 13.2 Å². The molecule has 0 spiro atoms. The monoisotopic (exact) mass is 382 g/mol. The summed E-state index contributed by atoms with van der Waals surface area (Å²) in [6.07, 6.45) is -4.45. The van der Waals surface area contributed by atoms with E-state index in [9.17, 15) is 13.2 Å². The van der Waals surface area contributed by atoms with E-state index in [1.54, 1.807) is 18.2 Å². The van der Waals surface area contributed by atoms with Crippen LogP contribution in [-0.2, 0) is 13.2 Å². The third-order valence-corrected chi connectivity index (χ3v) is 3.21. The predicted molar refractivity (Wildman–Crippen MR) is 74.2 cm³/mol. The van der Waals surface area contributed by atoms with Crippen LogP contribution < -0.4 is 0 Å². The number of nitrogens with zero attached hydrogens (tertiary/aromatic N) is 2. The summed E-state index contributed by atoms with van der Waals surface area (Å²) in [4.78, 5) is 3.61. The van der Waals surface area contributed by atoms with Crippen LogP contribution in [-0.4, -0.2) is 9.55 Å². The second-order valence-electron chi connectivity index (χ2n) is 3.50. The van der Waals surface area contributed by atoms with E-state index in [4.69, 9.17) is 0 Å². The molecule has 18 heavy (non-hydrogen) atoms. The van der Waals surface area contributed by atoms with E-state index in [1.165, 1.54) is 16.0 Å². The minimum Gasteiger partial charge on any atom is -0.323 e. The van der Waals surface area contributed by atoms with Crippen molar-refractivity contribution in [1.82, 2.24) is 9.55 Å². The lowest BCUT2D eigenvalue weighted by Crippen LogP contribution is -2.12. The van der Waals surface area contributed by atoms with Crippen LogP contribution in [0.15, 0.2) is 18.2 Å². The summed E-state index contributed by atoms with van der Waals surface area (Å²) in [5, 5.41) is 2.78. The lowest BCUT2D eigenvalue weighted by molar-refractivity contribution is -0.146. The van der Waals surface area contributed by atoms with Gasteiger partial charge in [0.1, 0.15) is 0 Å². The Morgan fingerprint density at radius 1 is 1.39 bits per heavy atom. The van der Waals surface area contributed by atoms with Gasteiger partial charge in [-0.1, -0.05) is 5.92 Å². The lowest BCUT2D eigenvalue weighted by atomic mass is 10.2. The summed E-state index contributed by atoms with van der Waals surface area (Å²) in [5.41, 5.74) is 1.39. The fourth-order valence-corrected chi connectivity index (χ4v) is 2.10. The molecule has 1 heterocycles. The van der Waals surface area contributed by atoms with Gasteiger partial charge < -0.3 is 4.57 Å². The summed E-state index contributed by atoms with van der Waals surface area (Å²) in [7, 11) is 2.67. The van der Waals surface area contributed by atoms with Crippen molar-refractivity contribution in [3.05, 3.63) is 29.6 Å². The van der Waals surface area contributed by atoms with Crippen molar-refractivity contribution < 1.29 is 13.2 Å². The predicted octanol–water partition coefficient (Wildman–Crippen LogP) is 3.98. The van der Waals surface area contributed by atoms with E-state index in [1.807, 2.05) is 21.2 Å². The Morgan fingerprint density at radius 3 is 2.72 bits per heavy atom. The Balaban J connectivity index is 2.59. The van der Waals surface area contributed by atoms with Gasteiger partial charge in [0.15, 0.2) is 0 Å². The van der Waals surface area contributed by atoms with Crippen molar-refractivity contribution in [2.45, 2.75) is 6.18 Å². The van der Waals surface area contributed by atoms with Crippen LogP contribution in [0.1, 0.15) is 11.4 Å². The lowest BCUT2D eigenvalue weighted by Gasteiger charge is -2.05. The van der Waals surface area contributed by atoms with E-state index in [0.29, 0.717) is 16.6 Å². The van der Waals surface area contributed by atoms with Crippen molar-refractivity contribution >= 4 is 41.2 Å². The minimum atomic E-state index is -4.45. The molecule has 0 unspecified atom stereocenters. The second kappa shape index (κ2) is 5.01. The van der Waals surface area contributed by atoms with Gasteiger partial charge in [0.25, 0.3) is 0 Å². The highest BCUT2D eigenvalue weighted by atomic mass is 127. The van der Waals surface area contributed by atoms with Crippen LogP contribution in [0.4, 0.5) is 13.2 Å². The zero-order chi connectivity index (χ0) is 13.3. The van der Waals surface area contributed by atoms with Gasteiger partial charge in [0.05, 0.1) is 11.0 Å². The number of hydrogen-bond acceptors (Lipinski definition) is 2. The molecule has 94 valence electrons. The van der Waals surface area contributed by atoms with Crippen LogP contribution in [0.3, 0.4) is 0 Å². The zero-order valence-electron chi connectivity index (χ0n) is 9.05. The van der Waals surface area contributed by atoms with E-state index in [0.717, 1.165) is 4.57 Å². The summed E-state index contributed by atoms with van der Waals surface area (Å²) in [5.74, 6) is 1.93. The number of hydrogen-bond donors (Lipinski definition) is 0. The normalized spacial score (nSPS) is 11.4. The number of fused-ring (bicyclic) bond motifs is 1. The molecular formula is C11H6F3IN2S. The number of alkyl halides is 3. The quantitative estimate of drug-likeness (QED) is 0.507. The first-order valence-electron chi connectivity index (χ1n) is 4.76. The zero-order valence-corrected chi connectivity index (χ0v) is 12.0. The first-order valence-corrected chi connectivity index (χ1v) is 8.11. The minimum absolute atomic E-state index is 0.301. The van der Waals surface area contributed by atoms with Crippen LogP contribution in [0.2, 0.25) is 0 Å². The largest absolute Gasteiger partial charge is 0.449 e. The first-order chi connectivity index (χ1) is 8.43. The molecule has 0 bridgehead atoms. The molecule has 0 aliphatic rings. The Morgan fingerprint density at radius 2 is 2.11 bits per heavy atom. The number of halogens is 4. The topological polar surface area (TPSA) is 17.8 Å². The molecule has 7 heteroatoms. The molecule has 0 saturated carbocycles. The summed E-state index contributed by atoms with van der Waals surface area (Å²) >= 11 is 2.03. The van der Waals surface area contributed by atoms with Gasteiger partial charge >= 0.3 is 6.18 Å². The molecule has 0 radical (unpaired) electrons. The number of aryl methyl sites for hydroxylation is 1. The van der Waals surface area contributed by atoms with E-state index >= 15 is 0 Å². The fourth-order valence-electron chi connectivity index (χ4n) is 1.61. The Kier molecular flexibility index (Phi) is 3.77. The maximum Gasteiger partial charge on any atom is 0.449 e. The third kappa shape index (κ3) is 2.59. The van der Waals surface area contributed by atoms with Crippen LogP contribution >= 0.6 is 30.1 Å². The van der Waals surface area contributed by atoms with Crippen molar-refractivity contribution in [3.63, 3.8) is 0 Å². The molecule has 1 aromatic heterocycles. The molecule has 0 aliphatic carbocycles. The van der Waals surface area contributed by atoms with Gasteiger partial charge in [-0.3, -0.25) is 0 Å². The molecular weight excluding hydrogens is 376 g/mol.